The number of carbonyl (C=O) groups is 1. The van der Waals surface area contributed by atoms with Crippen LogP contribution in [0.25, 0.3) is 0 Å². The lowest BCUT2D eigenvalue weighted by Gasteiger charge is -2.26. The van der Waals surface area contributed by atoms with E-state index >= 15 is 0 Å². The minimum absolute atomic E-state index is 0.214. The zero-order valence-corrected chi connectivity index (χ0v) is 6.04. The Morgan fingerprint density at radius 2 is 2.55 bits per heavy atom. The van der Waals surface area contributed by atoms with E-state index in [0.29, 0.717) is 13.0 Å². The van der Waals surface area contributed by atoms with Gasteiger partial charge < -0.3 is 10.1 Å². The van der Waals surface area contributed by atoms with Gasteiger partial charge in [-0.25, -0.2) is 0 Å². The first-order chi connectivity index (χ1) is 5.38. The molecule has 1 unspecified atom stereocenters. The highest BCUT2D eigenvalue weighted by Gasteiger charge is 2.27. The van der Waals surface area contributed by atoms with Crippen molar-refractivity contribution >= 4 is 5.78 Å². The van der Waals surface area contributed by atoms with Crippen LogP contribution in [0, 0.1) is 0 Å². The summed E-state index contributed by atoms with van der Waals surface area (Å²) < 4.78 is 5.28. The molecule has 0 bridgehead atoms. The first kappa shape index (κ1) is 6.46. The topological polar surface area (TPSA) is 38.3 Å². The number of dihydropyridines is 1. The van der Waals surface area contributed by atoms with E-state index in [1.54, 1.807) is 6.20 Å². The Labute approximate surface area is 64.7 Å². The maximum Gasteiger partial charge on any atom is 0.166 e. The number of allylic oxidation sites excluding steroid dienone is 2. The summed E-state index contributed by atoms with van der Waals surface area (Å²) in [5.41, 5.74) is 0. The van der Waals surface area contributed by atoms with Crippen molar-refractivity contribution in [2.75, 3.05) is 6.61 Å². The maximum absolute atomic E-state index is 11.2. The second kappa shape index (κ2) is 2.42. The van der Waals surface area contributed by atoms with Crippen LogP contribution in [0.5, 0.6) is 0 Å². The minimum Gasteiger partial charge on any atom is -0.495 e. The van der Waals surface area contributed by atoms with Crippen LogP contribution in [0.1, 0.15) is 6.42 Å². The molecule has 0 saturated carbocycles. The first-order valence-corrected chi connectivity index (χ1v) is 3.66. The van der Waals surface area contributed by atoms with Gasteiger partial charge in [0.05, 0.1) is 6.61 Å². The average molecular weight is 151 g/mol. The van der Waals surface area contributed by atoms with Crippen molar-refractivity contribution in [2.24, 2.45) is 0 Å². The molecule has 2 heterocycles. The highest BCUT2D eigenvalue weighted by molar-refractivity contribution is 5.88. The average Bonchev–Trinajstić information content (AvgIpc) is 2.06. The molecule has 2 aliphatic rings. The molecule has 1 saturated heterocycles. The SMILES string of the molecule is O=C1CCOC2=CC=CNC12. The summed E-state index contributed by atoms with van der Waals surface area (Å²) in [4.78, 5) is 11.2. The van der Waals surface area contributed by atoms with E-state index in [1.807, 2.05) is 12.2 Å². The molecule has 0 aromatic heterocycles. The molecule has 0 spiro atoms. The Kier molecular flexibility index (Phi) is 1.42. The summed E-state index contributed by atoms with van der Waals surface area (Å²) in [7, 11) is 0. The van der Waals surface area contributed by atoms with Crippen LogP contribution >= 0.6 is 0 Å². The second-order valence-electron chi connectivity index (χ2n) is 2.59. The number of ether oxygens (including phenoxy) is 1. The van der Waals surface area contributed by atoms with Crippen LogP contribution in [0.2, 0.25) is 0 Å². The predicted octanol–water partition coefficient (Wildman–Crippen LogP) is 0.345. The number of fused-ring (bicyclic) bond motifs is 1. The minimum atomic E-state index is -0.214. The molecule has 2 aliphatic heterocycles. The Hall–Kier alpha value is -1.25. The molecular weight excluding hydrogens is 142 g/mol. The van der Waals surface area contributed by atoms with E-state index in [1.165, 1.54) is 0 Å². The monoisotopic (exact) mass is 151 g/mol. The third-order valence-corrected chi connectivity index (χ3v) is 1.84. The van der Waals surface area contributed by atoms with E-state index in [2.05, 4.69) is 5.32 Å². The second-order valence-corrected chi connectivity index (χ2v) is 2.59. The van der Waals surface area contributed by atoms with Gasteiger partial charge in [0.15, 0.2) is 5.78 Å². The van der Waals surface area contributed by atoms with Crippen LogP contribution in [0.3, 0.4) is 0 Å². The molecule has 11 heavy (non-hydrogen) atoms. The zero-order chi connectivity index (χ0) is 7.68. The Morgan fingerprint density at radius 3 is 3.36 bits per heavy atom. The fourth-order valence-electron chi connectivity index (χ4n) is 1.27. The fourth-order valence-corrected chi connectivity index (χ4v) is 1.27. The summed E-state index contributed by atoms with van der Waals surface area (Å²) >= 11 is 0. The van der Waals surface area contributed by atoms with Gasteiger partial charge >= 0.3 is 0 Å². The number of Topliss-reactive ketones (excluding diaryl/α,β-unsaturated/α-hetero) is 1. The predicted molar refractivity (Wildman–Crippen MR) is 39.7 cm³/mol. The largest absolute Gasteiger partial charge is 0.495 e. The Morgan fingerprint density at radius 1 is 1.64 bits per heavy atom. The third-order valence-electron chi connectivity index (χ3n) is 1.84. The van der Waals surface area contributed by atoms with Crippen LogP contribution in [-0.4, -0.2) is 18.4 Å². The molecule has 0 amide bonds. The molecule has 0 aromatic carbocycles. The number of carbonyl (C=O) groups excluding carboxylic acids is 1. The fraction of sp³-hybridized carbons (Fsp3) is 0.375. The van der Waals surface area contributed by atoms with E-state index < -0.39 is 0 Å². The zero-order valence-electron chi connectivity index (χ0n) is 6.04. The Bertz CT molecular complexity index is 242. The van der Waals surface area contributed by atoms with Crippen molar-refractivity contribution in [2.45, 2.75) is 12.5 Å². The summed E-state index contributed by atoms with van der Waals surface area (Å²) in [6.07, 6.45) is 5.95. The highest BCUT2D eigenvalue weighted by atomic mass is 16.5. The van der Waals surface area contributed by atoms with Gasteiger partial charge in [-0.05, 0) is 18.4 Å². The van der Waals surface area contributed by atoms with Crippen molar-refractivity contribution in [1.82, 2.24) is 5.32 Å². The van der Waals surface area contributed by atoms with Gasteiger partial charge in [0.1, 0.15) is 11.8 Å². The molecule has 0 aliphatic carbocycles. The van der Waals surface area contributed by atoms with Crippen molar-refractivity contribution in [1.29, 1.82) is 0 Å². The number of ketones is 1. The van der Waals surface area contributed by atoms with Crippen molar-refractivity contribution in [3.63, 3.8) is 0 Å². The van der Waals surface area contributed by atoms with E-state index in [0.717, 1.165) is 5.76 Å². The molecule has 1 N–H and O–H groups in total. The maximum atomic E-state index is 11.2. The van der Waals surface area contributed by atoms with Gasteiger partial charge in [0.25, 0.3) is 0 Å². The smallest absolute Gasteiger partial charge is 0.166 e. The summed E-state index contributed by atoms with van der Waals surface area (Å²) in [6.45, 7) is 0.524. The molecule has 1 atom stereocenters. The standard InChI is InChI=1S/C8H9NO2/c10-6-3-5-11-7-2-1-4-9-8(6)7/h1-2,4,8-9H,3,5H2. The quantitative estimate of drug-likeness (QED) is 0.542. The van der Waals surface area contributed by atoms with Crippen molar-refractivity contribution in [3.8, 4) is 0 Å². The molecule has 3 nitrogen and oxygen atoms in total. The third kappa shape index (κ3) is 1.02. The van der Waals surface area contributed by atoms with E-state index in [4.69, 9.17) is 4.74 Å². The van der Waals surface area contributed by atoms with E-state index in [9.17, 15) is 4.79 Å². The first-order valence-electron chi connectivity index (χ1n) is 3.66. The van der Waals surface area contributed by atoms with Gasteiger partial charge in [-0.3, -0.25) is 4.79 Å². The van der Waals surface area contributed by atoms with Gasteiger partial charge in [-0.2, -0.15) is 0 Å². The van der Waals surface area contributed by atoms with Crippen LogP contribution in [-0.2, 0) is 9.53 Å². The Balaban J connectivity index is 2.24. The molecule has 2 rings (SSSR count). The molecule has 1 fully saturated rings. The summed E-state index contributed by atoms with van der Waals surface area (Å²) in [6, 6.07) is -0.214. The van der Waals surface area contributed by atoms with Crippen LogP contribution < -0.4 is 5.32 Å². The van der Waals surface area contributed by atoms with Crippen LogP contribution in [0.15, 0.2) is 24.1 Å². The van der Waals surface area contributed by atoms with Gasteiger partial charge in [-0.15, -0.1) is 0 Å². The highest BCUT2D eigenvalue weighted by Crippen LogP contribution is 2.16. The van der Waals surface area contributed by atoms with Gasteiger partial charge in [-0.1, -0.05) is 0 Å². The lowest BCUT2D eigenvalue weighted by atomic mass is 10.0. The number of hydrogen-bond donors (Lipinski definition) is 1. The van der Waals surface area contributed by atoms with Crippen LogP contribution in [0.4, 0.5) is 0 Å². The van der Waals surface area contributed by atoms with Crippen molar-refractivity contribution in [3.05, 3.63) is 24.1 Å². The number of rotatable bonds is 0. The lowest BCUT2D eigenvalue weighted by Crippen LogP contribution is -2.41. The molecule has 58 valence electrons. The van der Waals surface area contributed by atoms with Crippen molar-refractivity contribution < 1.29 is 9.53 Å². The van der Waals surface area contributed by atoms with Gasteiger partial charge in [0, 0.05) is 6.42 Å². The number of hydrogen-bond acceptors (Lipinski definition) is 3. The molecular formula is C8H9NO2. The number of nitrogens with one attached hydrogen (secondary N) is 1. The molecule has 3 heteroatoms. The summed E-state index contributed by atoms with van der Waals surface area (Å²) in [5, 5.41) is 2.95. The molecule has 0 aromatic rings. The van der Waals surface area contributed by atoms with E-state index in [-0.39, 0.29) is 11.8 Å². The summed E-state index contributed by atoms with van der Waals surface area (Å²) in [5.74, 6) is 0.968. The normalized spacial score (nSPS) is 28.2. The lowest BCUT2D eigenvalue weighted by molar-refractivity contribution is -0.124. The molecule has 0 radical (unpaired) electrons. The van der Waals surface area contributed by atoms with Gasteiger partial charge in [0.2, 0.25) is 0 Å².